The van der Waals surface area contributed by atoms with E-state index in [0.717, 1.165) is 0 Å². The van der Waals surface area contributed by atoms with Crippen molar-refractivity contribution in [2.75, 3.05) is 0 Å². The second-order valence-electron chi connectivity index (χ2n) is 3.46. The van der Waals surface area contributed by atoms with Crippen LogP contribution in [0.15, 0.2) is 42.6 Å². The smallest absolute Gasteiger partial charge is 0.308 e. The molecule has 92 valence electrons. The van der Waals surface area contributed by atoms with E-state index in [4.69, 9.17) is 21.1 Å². The van der Waals surface area contributed by atoms with Crippen LogP contribution >= 0.6 is 11.6 Å². The molecule has 0 amide bonds. The van der Waals surface area contributed by atoms with Gasteiger partial charge in [-0.2, -0.15) is 0 Å². The molecule has 0 spiro atoms. The molecule has 2 aromatic rings. The zero-order chi connectivity index (χ0) is 13.0. The van der Waals surface area contributed by atoms with E-state index in [9.17, 15) is 4.79 Å². The van der Waals surface area contributed by atoms with E-state index in [2.05, 4.69) is 4.98 Å². The van der Waals surface area contributed by atoms with E-state index in [1.54, 1.807) is 24.3 Å². The predicted molar refractivity (Wildman–Crippen MR) is 67.1 cm³/mol. The van der Waals surface area contributed by atoms with Crippen molar-refractivity contribution in [3.05, 3.63) is 47.6 Å². The van der Waals surface area contributed by atoms with E-state index in [-0.39, 0.29) is 0 Å². The largest absolute Gasteiger partial charge is 0.437 e. The minimum absolute atomic E-state index is 0.369. The molecule has 0 bridgehead atoms. The number of nitrogens with zero attached hydrogens (tertiary/aromatic N) is 1. The number of carbonyl (C=O) groups excluding carboxylic acids is 1. The Balaban J connectivity index is 2.11. The van der Waals surface area contributed by atoms with Crippen LogP contribution in [0, 0.1) is 0 Å². The Kier molecular flexibility index (Phi) is 3.79. The van der Waals surface area contributed by atoms with Crippen molar-refractivity contribution in [3.8, 4) is 17.4 Å². The lowest BCUT2D eigenvalue weighted by atomic mass is 10.3. The quantitative estimate of drug-likeness (QED) is 0.796. The van der Waals surface area contributed by atoms with Gasteiger partial charge in [-0.15, -0.1) is 0 Å². The van der Waals surface area contributed by atoms with Gasteiger partial charge in [-0.3, -0.25) is 4.79 Å². The molecule has 2 rings (SSSR count). The number of hydrogen-bond donors (Lipinski definition) is 0. The van der Waals surface area contributed by atoms with Gasteiger partial charge in [-0.05, 0) is 18.2 Å². The third kappa shape index (κ3) is 3.21. The zero-order valence-corrected chi connectivity index (χ0v) is 10.3. The first-order valence-electron chi connectivity index (χ1n) is 5.22. The highest BCUT2D eigenvalue weighted by Gasteiger charge is 2.04. The molecule has 0 atom stereocenters. The summed E-state index contributed by atoms with van der Waals surface area (Å²) in [6.07, 6.45) is 1.41. The average molecular weight is 264 g/mol. The van der Waals surface area contributed by atoms with Crippen LogP contribution in [-0.2, 0) is 4.79 Å². The van der Waals surface area contributed by atoms with Gasteiger partial charge in [0.2, 0.25) is 5.88 Å². The molecule has 18 heavy (non-hydrogen) atoms. The molecule has 0 saturated heterocycles. The summed E-state index contributed by atoms with van der Waals surface area (Å²) in [5.74, 6) is 0.872. The van der Waals surface area contributed by atoms with Crippen molar-refractivity contribution >= 4 is 17.6 Å². The third-order valence-corrected chi connectivity index (χ3v) is 2.33. The molecule has 0 radical (unpaired) electrons. The van der Waals surface area contributed by atoms with Crippen molar-refractivity contribution in [1.29, 1.82) is 0 Å². The van der Waals surface area contributed by atoms with Crippen molar-refractivity contribution in [2.45, 2.75) is 6.92 Å². The Hall–Kier alpha value is -2.07. The Labute approximate surface area is 109 Å². The molecule has 4 nitrogen and oxygen atoms in total. The van der Waals surface area contributed by atoms with Crippen LogP contribution < -0.4 is 9.47 Å². The number of aromatic nitrogens is 1. The Morgan fingerprint density at radius 2 is 2.00 bits per heavy atom. The summed E-state index contributed by atoms with van der Waals surface area (Å²) < 4.78 is 10.3. The van der Waals surface area contributed by atoms with E-state index in [0.29, 0.717) is 22.4 Å². The maximum Gasteiger partial charge on any atom is 0.308 e. The molecule has 1 aromatic heterocycles. The number of para-hydroxylation sites is 1. The third-order valence-electron chi connectivity index (χ3n) is 2.02. The topological polar surface area (TPSA) is 48.4 Å². The van der Waals surface area contributed by atoms with Gasteiger partial charge in [0.25, 0.3) is 0 Å². The molecule has 0 aliphatic carbocycles. The van der Waals surface area contributed by atoms with Crippen LogP contribution in [0.4, 0.5) is 0 Å². The van der Waals surface area contributed by atoms with Crippen molar-refractivity contribution in [2.24, 2.45) is 0 Å². The lowest BCUT2D eigenvalue weighted by Crippen LogP contribution is -2.01. The summed E-state index contributed by atoms with van der Waals surface area (Å²) in [6, 6.07) is 10.3. The van der Waals surface area contributed by atoms with E-state index in [1.165, 1.54) is 13.1 Å². The van der Waals surface area contributed by atoms with E-state index in [1.807, 2.05) is 12.1 Å². The van der Waals surface area contributed by atoms with E-state index < -0.39 is 5.97 Å². The number of esters is 1. The van der Waals surface area contributed by atoms with Crippen molar-refractivity contribution in [3.63, 3.8) is 0 Å². The highest BCUT2D eigenvalue weighted by Crippen LogP contribution is 2.28. The lowest BCUT2D eigenvalue weighted by Gasteiger charge is -2.06. The summed E-state index contributed by atoms with van der Waals surface area (Å²) in [4.78, 5) is 14.7. The molecule has 0 N–H and O–H groups in total. The molecule has 0 unspecified atom stereocenters. The highest BCUT2D eigenvalue weighted by molar-refractivity contribution is 6.32. The lowest BCUT2D eigenvalue weighted by molar-refractivity contribution is -0.131. The average Bonchev–Trinajstić information content (AvgIpc) is 2.34. The monoisotopic (exact) mass is 263 g/mol. The fraction of sp³-hybridized carbons (Fsp3) is 0.0769. The number of ether oxygens (including phenoxy) is 2. The molecule has 0 aliphatic heterocycles. The van der Waals surface area contributed by atoms with E-state index >= 15 is 0 Å². The summed E-state index contributed by atoms with van der Waals surface area (Å²) >= 11 is 5.95. The van der Waals surface area contributed by atoms with Crippen LogP contribution in [0.2, 0.25) is 5.02 Å². The molecule has 1 heterocycles. The molecule has 1 aromatic carbocycles. The number of rotatable bonds is 3. The second kappa shape index (κ2) is 5.51. The van der Waals surface area contributed by atoms with Gasteiger partial charge in [-0.1, -0.05) is 23.7 Å². The molecular formula is C13H10ClNO3. The zero-order valence-electron chi connectivity index (χ0n) is 9.59. The second-order valence-corrected chi connectivity index (χ2v) is 3.87. The fourth-order valence-corrected chi connectivity index (χ4v) is 1.47. The normalized spacial score (nSPS) is 9.89. The summed E-state index contributed by atoms with van der Waals surface area (Å²) in [5, 5.41) is 0.503. The Bertz CT molecular complexity index is 554. The summed E-state index contributed by atoms with van der Waals surface area (Å²) in [6.45, 7) is 1.33. The number of halogens is 1. The van der Waals surface area contributed by atoms with Gasteiger partial charge in [-0.25, -0.2) is 4.98 Å². The first kappa shape index (κ1) is 12.4. The molecule has 0 aliphatic rings. The van der Waals surface area contributed by atoms with Crippen LogP contribution in [0.25, 0.3) is 0 Å². The van der Waals surface area contributed by atoms with Crippen molar-refractivity contribution in [1.82, 2.24) is 4.98 Å². The van der Waals surface area contributed by atoms with Crippen LogP contribution in [0.5, 0.6) is 17.4 Å². The van der Waals surface area contributed by atoms with Gasteiger partial charge < -0.3 is 9.47 Å². The SMILES string of the molecule is CC(=O)Oc1ccc(Oc2ccccc2Cl)nc1. The number of pyridine rings is 1. The number of hydrogen-bond acceptors (Lipinski definition) is 4. The maximum atomic E-state index is 10.7. The van der Waals surface area contributed by atoms with Crippen molar-refractivity contribution < 1.29 is 14.3 Å². The minimum Gasteiger partial charge on any atom is -0.437 e. The molecule has 0 saturated carbocycles. The van der Waals surface area contributed by atoms with Crippen LogP contribution in [0.1, 0.15) is 6.92 Å². The standard InChI is InChI=1S/C13H10ClNO3/c1-9(16)17-10-6-7-13(15-8-10)18-12-5-3-2-4-11(12)14/h2-8H,1H3. The number of benzene rings is 1. The molecule has 5 heteroatoms. The summed E-state index contributed by atoms with van der Waals surface area (Å²) in [7, 11) is 0. The molecular weight excluding hydrogens is 254 g/mol. The molecule has 0 fully saturated rings. The van der Waals surface area contributed by atoms with Gasteiger partial charge >= 0.3 is 5.97 Å². The van der Waals surface area contributed by atoms with Gasteiger partial charge in [0, 0.05) is 13.0 Å². The van der Waals surface area contributed by atoms with Gasteiger partial charge in [0.15, 0.2) is 0 Å². The summed E-state index contributed by atoms with van der Waals surface area (Å²) in [5.41, 5.74) is 0. The Morgan fingerprint density at radius 3 is 2.61 bits per heavy atom. The van der Waals surface area contributed by atoms with Gasteiger partial charge in [0.1, 0.15) is 11.5 Å². The maximum absolute atomic E-state index is 10.7. The first-order chi connectivity index (χ1) is 8.65. The Morgan fingerprint density at radius 1 is 1.22 bits per heavy atom. The predicted octanol–water partition coefficient (Wildman–Crippen LogP) is 3.45. The van der Waals surface area contributed by atoms with Crippen LogP contribution in [0.3, 0.4) is 0 Å². The fourth-order valence-electron chi connectivity index (χ4n) is 1.29. The van der Waals surface area contributed by atoms with Crippen LogP contribution in [-0.4, -0.2) is 11.0 Å². The minimum atomic E-state index is -0.392. The number of carbonyl (C=O) groups is 1. The highest BCUT2D eigenvalue weighted by atomic mass is 35.5. The first-order valence-corrected chi connectivity index (χ1v) is 5.60. The van der Waals surface area contributed by atoms with Gasteiger partial charge in [0.05, 0.1) is 11.2 Å².